The molecule has 21 heavy (non-hydrogen) atoms. The predicted molar refractivity (Wildman–Crippen MR) is 77.5 cm³/mol. The van der Waals surface area contributed by atoms with Gasteiger partial charge in [-0.05, 0) is 29.8 Å². The molecule has 4 heteroatoms. The maximum absolute atomic E-state index is 13.3. The third-order valence-electron chi connectivity index (χ3n) is 3.45. The van der Waals surface area contributed by atoms with Gasteiger partial charge in [-0.25, -0.2) is 4.39 Å². The zero-order valence-electron chi connectivity index (χ0n) is 11.1. The van der Waals surface area contributed by atoms with Gasteiger partial charge >= 0.3 is 0 Å². The highest BCUT2D eigenvalue weighted by Crippen LogP contribution is 2.21. The molecular weight excluding hydrogens is 267 g/mol. The van der Waals surface area contributed by atoms with Gasteiger partial charge in [0.05, 0.1) is 11.1 Å². The van der Waals surface area contributed by atoms with E-state index in [0.717, 1.165) is 22.8 Å². The molecule has 2 aromatic carbocycles. The Kier molecular flexibility index (Phi) is 3.25. The number of rotatable bonds is 3. The van der Waals surface area contributed by atoms with Gasteiger partial charge in [0.25, 0.3) is 0 Å². The monoisotopic (exact) mass is 278 g/mol. The highest BCUT2D eigenvalue weighted by Gasteiger charge is 2.08. The number of nitriles is 1. The molecule has 0 aliphatic heterocycles. The van der Waals surface area contributed by atoms with E-state index in [4.69, 9.17) is 5.26 Å². The molecule has 0 unspecified atom stereocenters. The van der Waals surface area contributed by atoms with Crippen LogP contribution in [0.15, 0.2) is 48.7 Å². The van der Waals surface area contributed by atoms with Gasteiger partial charge in [0.15, 0.2) is 6.29 Å². The maximum atomic E-state index is 13.3. The van der Waals surface area contributed by atoms with Crippen LogP contribution < -0.4 is 0 Å². The fraction of sp³-hybridized carbons (Fsp3) is 0.0588. The van der Waals surface area contributed by atoms with E-state index in [1.165, 1.54) is 12.1 Å². The van der Waals surface area contributed by atoms with Crippen LogP contribution >= 0.6 is 0 Å². The first-order chi connectivity index (χ1) is 10.2. The average molecular weight is 278 g/mol. The van der Waals surface area contributed by atoms with Gasteiger partial charge in [0.2, 0.25) is 0 Å². The molecule has 0 aliphatic rings. The summed E-state index contributed by atoms with van der Waals surface area (Å²) >= 11 is 0. The molecule has 0 bridgehead atoms. The van der Waals surface area contributed by atoms with E-state index < -0.39 is 5.82 Å². The van der Waals surface area contributed by atoms with Gasteiger partial charge in [-0.2, -0.15) is 5.26 Å². The zero-order valence-corrected chi connectivity index (χ0v) is 11.1. The third-order valence-corrected chi connectivity index (χ3v) is 3.45. The summed E-state index contributed by atoms with van der Waals surface area (Å²) in [5.74, 6) is -0.521. The van der Waals surface area contributed by atoms with Gasteiger partial charge in [0, 0.05) is 23.7 Å². The highest BCUT2D eigenvalue weighted by atomic mass is 19.1. The van der Waals surface area contributed by atoms with Crippen molar-refractivity contribution in [2.24, 2.45) is 0 Å². The number of nitrogens with zero attached hydrogens (tertiary/aromatic N) is 2. The van der Waals surface area contributed by atoms with Crippen LogP contribution in [0.2, 0.25) is 0 Å². The van der Waals surface area contributed by atoms with Gasteiger partial charge in [-0.15, -0.1) is 0 Å². The van der Waals surface area contributed by atoms with Crippen LogP contribution in [0.5, 0.6) is 0 Å². The van der Waals surface area contributed by atoms with Crippen molar-refractivity contribution in [3.05, 3.63) is 71.2 Å². The number of benzene rings is 2. The average Bonchev–Trinajstić information content (AvgIpc) is 2.92. The normalized spacial score (nSPS) is 10.5. The van der Waals surface area contributed by atoms with E-state index in [2.05, 4.69) is 0 Å². The number of hydrogen-bond acceptors (Lipinski definition) is 2. The van der Waals surface area contributed by atoms with Gasteiger partial charge in [-0.3, -0.25) is 4.79 Å². The number of halogens is 1. The Balaban J connectivity index is 2.07. The molecule has 0 aliphatic carbocycles. The topological polar surface area (TPSA) is 45.8 Å². The number of hydrogen-bond donors (Lipinski definition) is 0. The molecule has 0 saturated heterocycles. The first-order valence-electron chi connectivity index (χ1n) is 6.44. The fourth-order valence-electron chi connectivity index (χ4n) is 2.47. The first-order valence-corrected chi connectivity index (χ1v) is 6.44. The van der Waals surface area contributed by atoms with E-state index in [-0.39, 0.29) is 5.56 Å². The van der Waals surface area contributed by atoms with Crippen molar-refractivity contribution in [3.8, 4) is 6.07 Å². The lowest BCUT2D eigenvalue weighted by Crippen LogP contribution is -2.01. The van der Waals surface area contributed by atoms with Gasteiger partial charge < -0.3 is 4.57 Å². The summed E-state index contributed by atoms with van der Waals surface area (Å²) in [6, 6.07) is 13.8. The Morgan fingerprint density at radius 2 is 2.10 bits per heavy atom. The second-order valence-electron chi connectivity index (χ2n) is 4.77. The number of fused-ring (bicyclic) bond motifs is 1. The summed E-state index contributed by atoms with van der Waals surface area (Å²) in [6.45, 7) is 0.476. The zero-order chi connectivity index (χ0) is 14.8. The van der Waals surface area contributed by atoms with Crippen molar-refractivity contribution < 1.29 is 9.18 Å². The molecule has 3 aromatic rings. The lowest BCUT2D eigenvalue weighted by atomic mass is 10.1. The minimum atomic E-state index is -0.521. The van der Waals surface area contributed by atoms with Gasteiger partial charge in [0.1, 0.15) is 11.9 Å². The van der Waals surface area contributed by atoms with Crippen LogP contribution in [-0.2, 0) is 6.54 Å². The number of aldehydes is 1. The lowest BCUT2D eigenvalue weighted by molar-refractivity contribution is 0.112. The molecule has 0 amide bonds. The van der Waals surface area contributed by atoms with Crippen molar-refractivity contribution in [1.82, 2.24) is 4.57 Å². The summed E-state index contributed by atoms with van der Waals surface area (Å²) in [5, 5.41) is 9.85. The number of carbonyl (C=O) groups excluding carboxylic acids is 1. The molecule has 102 valence electrons. The Morgan fingerprint density at radius 3 is 2.86 bits per heavy atom. The van der Waals surface area contributed by atoms with Crippen LogP contribution in [-0.4, -0.2) is 10.9 Å². The fourth-order valence-corrected chi connectivity index (χ4v) is 2.47. The summed E-state index contributed by atoms with van der Waals surface area (Å²) in [6.07, 6.45) is 2.71. The summed E-state index contributed by atoms with van der Waals surface area (Å²) in [4.78, 5) is 11.2. The Bertz CT molecular complexity index is 874. The number of aromatic nitrogens is 1. The number of para-hydroxylation sites is 1. The Hall–Kier alpha value is -2.93. The van der Waals surface area contributed by atoms with Crippen LogP contribution in [0.1, 0.15) is 21.5 Å². The minimum Gasteiger partial charge on any atom is -0.342 e. The molecule has 0 N–H and O–H groups in total. The van der Waals surface area contributed by atoms with Crippen molar-refractivity contribution in [3.63, 3.8) is 0 Å². The Morgan fingerprint density at radius 1 is 1.24 bits per heavy atom. The summed E-state index contributed by atoms with van der Waals surface area (Å²) in [5.41, 5.74) is 2.29. The molecule has 3 nitrogen and oxygen atoms in total. The largest absolute Gasteiger partial charge is 0.342 e. The Labute approximate surface area is 120 Å². The van der Waals surface area contributed by atoms with E-state index in [1.54, 1.807) is 12.1 Å². The minimum absolute atomic E-state index is 0.0274. The van der Waals surface area contributed by atoms with E-state index >= 15 is 0 Å². The van der Waals surface area contributed by atoms with Crippen molar-refractivity contribution in [2.75, 3.05) is 0 Å². The van der Waals surface area contributed by atoms with E-state index in [0.29, 0.717) is 12.1 Å². The summed E-state index contributed by atoms with van der Waals surface area (Å²) < 4.78 is 15.3. The maximum Gasteiger partial charge on any atom is 0.152 e. The molecule has 1 heterocycles. The molecule has 1 aromatic heterocycles. The van der Waals surface area contributed by atoms with Crippen LogP contribution in [0.4, 0.5) is 4.39 Å². The van der Waals surface area contributed by atoms with Crippen molar-refractivity contribution in [1.29, 1.82) is 5.26 Å². The molecule has 0 radical (unpaired) electrons. The van der Waals surface area contributed by atoms with Crippen LogP contribution in [0.3, 0.4) is 0 Å². The number of carbonyl (C=O) groups is 1. The van der Waals surface area contributed by atoms with Crippen LogP contribution in [0, 0.1) is 17.1 Å². The second-order valence-corrected chi connectivity index (χ2v) is 4.77. The molecule has 0 spiro atoms. The third kappa shape index (κ3) is 2.30. The van der Waals surface area contributed by atoms with Crippen molar-refractivity contribution >= 4 is 17.2 Å². The summed E-state index contributed by atoms with van der Waals surface area (Å²) in [7, 11) is 0. The molecule has 0 atom stereocenters. The smallest absolute Gasteiger partial charge is 0.152 e. The molecular formula is C17H11FN2O. The first kappa shape index (κ1) is 13.1. The second kappa shape index (κ2) is 5.22. The SMILES string of the molecule is N#Cc1cc(Cn2ccc3cccc(C=O)c32)ccc1F. The van der Waals surface area contributed by atoms with Gasteiger partial charge in [-0.1, -0.05) is 18.2 Å². The quantitative estimate of drug-likeness (QED) is 0.688. The molecule has 3 rings (SSSR count). The van der Waals surface area contributed by atoms with E-state index in [1.807, 2.05) is 35.0 Å². The lowest BCUT2D eigenvalue weighted by Gasteiger charge is -2.08. The highest BCUT2D eigenvalue weighted by molar-refractivity contribution is 5.96. The standard InChI is InChI=1S/C17H11FN2O/c18-16-5-4-12(8-15(16)9-19)10-20-7-6-13-2-1-3-14(11-21)17(13)20/h1-8,11H,10H2. The van der Waals surface area contributed by atoms with Crippen molar-refractivity contribution in [2.45, 2.75) is 6.54 Å². The molecule has 0 fully saturated rings. The predicted octanol–water partition coefficient (Wildman–Crippen LogP) is 3.51. The van der Waals surface area contributed by atoms with E-state index in [9.17, 15) is 9.18 Å². The van der Waals surface area contributed by atoms with Crippen LogP contribution in [0.25, 0.3) is 10.9 Å². The molecule has 0 saturated carbocycles.